The van der Waals surface area contributed by atoms with Gasteiger partial charge < -0.3 is 5.73 Å². The molecule has 0 aliphatic carbocycles. The van der Waals surface area contributed by atoms with Crippen molar-refractivity contribution in [3.63, 3.8) is 0 Å². The van der Waals surface area contributed by atoms with Gasteiger partial charge in [-0.15, -0.1) is 0 Å². The van der Waals surface area contributed by atoms with Crippen molar-refractivity contribution in [2.45, 2.75) is 45.1 Å². The van der Waals surface area contributed by atoms with Gasteiger partial charge in [0.1, 0.15) is 5.82 Å². The van der Waals surface area contributed by atoms with Crippen LogP contribution in [0.4, 0.5) is 4.39 Å². The zero-order chi connectivity index (χ0) is 11.3. The molecule has 2 N–H and O–H groups in total. The lowest BCUT2D eigenvalue weighted by Gasteiger charge is -2.16. The number of halogens is 1. The second-order valence-electron chi connectivity index (χ2n) is 4.21. The molecule has 0 aromatic heterocycles. The molecule has 0 aliphatic rings. The van der Waals surface area contributed by atoms with Gasteiger partial charge in [-0.1, -0.05) is 19.1 Å². The van der Waals surface area contributed by atoms with Gasteiger partial charge in [-0.25, -0.2) is 4.39 Å². The largest absolute Gasteiger partial charge is 0.328 e. The molecule has 84 valence electrons. The lowest BCUT2D eigenvalue weighted by Crippen LogP contribution is -2.15. The first-order valence-corrected chi connectivity index (χ1v) is 5.64. The quantitative estimate of drug-likeness (QED) is 0.789. The van der Waals surface area contributed by atoms with E-state index >= 15 is 0 Å². The third kappa shape index (κ3) is 4.00. The van der Waals surface area contributed by atoms with Gasteiger partial charge in [0.2, 0.25) is 0 Å². The van der Waals surface area contributed by atoms with Gasteiger partial charge in [0.25, 0.3) is 0 Å². The van der Waals surface area contributed by atoms with Crippen LogP contribution in [0.1, 0.15) is 44.6 Å². The minimum atomic E-state index is -0.166. The van der Waals surface area contributed by atoms with Crippen molar-refractivity contribution in [1.82, 2.24) is 0 Å². The summed E-state index contributed by atoms with van der Waals surface area (Å²) in [4.78, 5) is 0. The highest BCUT2D eigenvalue weighted by molar-refractivity contribution is 5.20. The summed E-state index contributed by atoms with van der Waals surface area (Å²) in [6.45, 7) is 4.19. The predicted molar refractivity (Wildman–Crippen MR) is 62.3 cm³/mol. The van der Waals surface area contributed by atoms with Gasteiger partial charge in [-0.05, 0) is 49.8 Å². The predicted octanol–water partition coefficient (Wildman–Crippen LogP) is 3.45. The summed E-state index contributed by atoms with van der Waals surface area (Å²) in [6.07, 6.45) is 3.19. The first-order valence-electron chi connectivity index (χ1n) is 5.64. The Morgan fingerprint density at radius 3 is 2.27 bits per heavy atom. The molecule has 1 aromatic carbocycles. The SMILES string of the molecule is CCC(CCC(C)N)c1ccc(F)cc1. The topological polar surface area (TPSA) is 26.0 Å². The van der Waals surface area contributed by atoms with E-state index in [1.807, 2.05) is 19.1 Å². The Labute approximate surface area is 91.5 Å². The van der Waals surface area contributed by atoms with Crippen LogP contribution in [0.25, 0.3) is 0 Å². The molecule has 0 heterocycles. The highest BCUT2D eigenvalue weighted by Gasteiger charge is 2.10. The maximum atomic E-state index is 12.7. The fraction of sp³-hybridized carbons (Fsp3) is 0.538. The van der Waals surface area contributed by atoms with Crippen LogP contribution < -0.4 is 5.73 Å². The van der Waals surface area contributed by atoms with Crippen molar-refractivity contribution in [2.75, 3.05) is 0 Å². The van der Waals surface area contributed by atoms with Crippen LogP contribution in [0.3, 0.4) is 0 Å². The first-order chi connectivity index (χ1) is 7.13. The van der Waals surface area contributed by atoms with Gasteiger partial charge in [0.05, 0.1) is 0 Å². The average molecular weight is 209 g/mol. The van der Waals surface area contributed by atoms with Crippen LogP contribution in [0, 0.1) is 5.82 Å². The summed E-state index contributed by atoms with van der Waals surface area (Å²) in [5, 5.41) is 0. The molecule has 0 aliphatic heterocycles. The summed E-state index contributed by atoms with van der Waals surface area (Å²) in [7, 11) is 0. The zero-order valence-electron chi connectivity index (χ0n) is 9.54. The van der Waals surface area contributed by atoms with Crippen molar-refractivity contribution in [3.05, 3.63) is 35.6 Å². The van der Waals surface area contributed by atoms with E-state index in [4.69, 9.17) is 5.73 Å². The molecule has 0 bridgehead atoms. The first kappa shape index (κ1) is 12.2. The maximum Gasteiger partial charge on any atom is 0.123 e. The molecule has 0 spiro atoms. The number of hydrogen-bond acceptors (Lipinski definition) is 1. The third-order valence-electron chi connectivity index (χ3n) is 2.80. The fourth-order valence-corrected chi connectivity index (χ4v) is 1.81. The summed E-state index contributed by atoms with van der Waals surface area (Å²) in [5.74, 6) is 0.345. The lowest BCUT2D eigenvalue weighted by molar-refractivity contribution is 0.531. The standard InChI is InChI=1S/C13H20FN/c1-3-11(5-4-10(2)15)12-6-8-13(14)9-7-12/h6-11H,3-5,15H2,1-2H3. The van der Waals surface area contributed by atoms with Crippen LogP contribution >= 0.6 is 0 Å². The van der Waals surface area contributed by atoms with E-state index in [1.54, 1.807) is 0 Å². The van der Waals surface area contributed by atoms with Crippen molar-refractivity contribution in [1.29, 1.82) is 0 Å². The minimum Gasteiger partial charge on any atom is -0.328 e. The number of rotatable bonds is 5. The van der Waals surface area contributed by atoms with Crippen LogP contribution in [-0.4, -0.2) is 6.04 Å². The van der Waals surface area contributed by atoms with E-state index in [2.05, 4.69) is 6.92 Å². The number of hydrogen-bond donors (Lipinski definition) is 1. The van der Waals surface area contributed by atoms with E-state index in [0.29, 0.717) is 5.92 Å². The molecule has 0 saturated heterocycles. The Morgan fingerprint density at radius 1 is 1.20 bits per heavy atom. The number of benzene rings is 1. The van der Waals surface area contributed by atoms with Crippen LogP contribution in [0.5, 0.6) is 0 Å². The van der Waals surface area contributed by atoms with Crippen molar-refractivity contribution in [3.8, 4) is 0 Å². The van der Waals surface area contributed by atoms with Crippen LogP contribution in [0.2, 0.25) is 0 Å². The van der Waals surface area contributed by atoms with E-state index < -0.39 is 0 Å². The normalized spacial score (nSPS) is 14.9. The van der Waals surface area contributed by atoms with Crippen molar-refractivity contribution >= 4 is 0 Å². The lowest BCUT2D eigenvalue weighted by atomic mass is 9.91. The van der Waals surface area contributed by atoms with E-state index in [9.17, 15) is 4.39 Å². The van der Waals surface area contributed by atoms with E-state index in [1.165, 1.54) is 17.7 Å². The van der Waals surface area contributed by atoms with Gasteiger partial charge in [0, 0.05) is 6.04 Å². The Kier molecular flexibility index (Phi) is 4.76. The van der Waals surface area contributed by atoms with Gasteiger partial charge in [-0.2, -0.15) is 0 Å². The number of nitrogens with two attached hydrogens (primary N) is 1. The highest BCUT2D eigenvalue weighted by atomic mass is 19.1. The van der Waals surface area contributed by atoms with Crippen molar-refractivity contribution < 1.29 is 4.39 Å². The molecule has 1 aromatic rings. The molecule has 2 atom stereocenters. The average Bonchev–Trinajstić information content (AvgIpc) is 2.21. The van der Waals surface area contributed by atoms with Crippen molar-refractivity contribution in [2.24, 2.45) is 5.73 Å². The van der Waals surface area contributed by atoms with E-state index in [0.717, 1.165) is 19.3 Å². The Morgan fingerprint density at radius 2 is 1.80 bits per heavy atom. The third-order valence-corrected chi connectivity index (χ3v) is 2.80. The molecule has 1 nitrogen and oxygen atoms in total. The second-order valence-corrected chi connectivity index (χ2v) is 4.21. The van der Waals surface area contributed by atoms with Gasteiger partial charge >= 0.3 is 0 Å². The molecule has 0 radical (unpaired) electrons. The fourth-order valence-electron chi connectivity index (χ4n) is 1.81. The Bertz CT molecular complexity index is 279. The molecule has 0 amide bonds. The second kappa shape index (κ2) is 5.86. The van der Waals surface area contributed by atoms with Gasteiger partial charge in [-0.3, -0.25) is 0 Å². The monoisotopic (exact) mass is 209 g/mol. The molecule has 15 heavy (non-hydrogen) atoms. The molecule has 0 fully saturated rings. The minimum absolute atomic E-state index is 0.166. The zero-order valence-corrected chi connectivity index (χ0v) is 9.54. The highest BCUT2D eigenvalue weighted by Crippen LogP contribution is 2.25. The van der Waals surface area contributed by atoms with E-state index in [-0.39, 0.29) is 11.9 Å². The molecular weight excluding hydrogens is 189 g/mol. The smallest absolute Gasteiger partial charge is 0.123 e. The molecule has 2 heteroatoms. The van der Waals surface area contributed by atoms with Crippen LogP contribution in [0.15, 0.2) is 24.3 Å². The summed E-state index contributed by atoms with van der Waals surface area (Å²) < 4.78 is 12.7. The van der Waals surface area contributed by atoms with Gasteiger partial charge in [0.15, 0.2) is 0 Å². The Hall–Kier alpha value is -0.890. The maximum absolute atomic E-state index is 12.7. The molecular formula is C13H20FN. The molecule has 1 rings (SSSR count). The van der Waals surface area contributed by atoms with Crippen LogP contribution in [-0.2, 0) is 0 Å². The molecule has 0 saturated carbocycles. The Balaban J connectivity index is 2.61. The summed E-state index contributed by atoms with van der Waals surface area (Å²) >= 11 is 0. The molecule has 2 unspecified atom stereocenters. The summed E-state index contributed by atoms with van der Waals surface area (Å²) in [6, 6.07) is 7.07. The summed E-state index contributed by atoms with van der Waals surface area (Å²) in [5.41, 5.74) is 6.96.